The topological polar surface area (TPSA) is 20.2 Å². The Labute approximate surface area is 123 Å². The molecular weight excluding hydrogens is 276 g/mol. The fourth-order valence-electron chi connectivity index (χ4n) is 1.85. The van der Waals surface area contributed by atoms with Crippen LogP contribution in [0.15, 0.2) is 53.4 Å². The lowest BCUT2D eigenvalue weighted by Crippen LogP contribution is -1.97. The molecule has 0 amide bonds. The Hall–Kier alpha value is -0.960. The fraction of sp³-hybridized carbons (Fsp3) is 0.250. The zero-order valence-electron chi connectivity index (χ0n) is 10.8. The van der Waals surface area contributed by atoms with E-state index < -0.39 is 0 Å². The molecule has 0 saturated carbocycles. The van der Waals surface area contributed by atoms with Crippen LogP contribution in [0.3, 0.4) is 0 Å². The van der Waals surface area contributed by atoms with Crippen molar-refractivity contribution >= 4 is 23.4 Å². The lowest BCUT2D eigenvalue weighted by molar-refractivity contribution is 0.171. The van der Waals surface area contributed by atoms with E-state index in [1.807, 2.05) is 49.4 Å². The van der Waals surface area contributed by atoms with Gasteiger partial charge in [-0.15, -0.1) is 11.8 Å². The van der Waals surface area contributed by atoms with Gasteiger partial charge in [-0.25, -0.2) is 0 Å². The van der Waals surface area contributed by atoms with E-state index in [9.17, 15) is 5.11 Å². The molecule has 2 aromatic carbocycles. The highest BCUT2D eigenvalue weighted by Crippen LogP contribution is 2.31. The summed E-state index contributed by atoms with van der Waals surface area (Å²) in [5, 5.41) is 10.8. The Kier molecular flexibility index (Phi) is 5.32. The second-order valence-corrected chi connectivity index (χ2v) is 5.83. The maximum Gasteiger partial charge on any atom is 0.0798 e. The Bertz CT molecular complexity index is 525. The maximum atomic E-state index is 10.0. The van der Waals surface area contributed by atoms with E-state index in [1.54, 1.807) is 11.8 Å². The molecule has 0 spiro atoms. The smallest absolute Gasteiger partial charge is 0.0798 e. The van der Waals surface area contributed by atoms with Crippen LogP contribution in [-0.4, -0.2) is 5.11 Å². The number of aliphatic hydroxyl groups is 1. The summed E-state index contributed by atoms with van der Waals surface area (Å²) < 4.78 is 0. The van der Waals surface area contributed by atoms with Crippen LogP contribution in [0.2, 0.25) is 5.02 Å². The van der Waals surface area contributed by atoms with Crippen LogP contribution in [0.5, 0.6) is 0 Å². The molecule has 0 aliphatic carbocycles. The molecule has 2 aromatic rings. The lowest BCUT2D eigenvalue weighted by atomic mass is 10.1. The van der Waals surface area contributed by atoms with E-state index >= 15 is 0 Å². The minimum atomic E-state index is -0.381. The summed E-state index contributed by atoms with van der Waals surface area (Å²) in [7, 11) is 0. The van der Waals surface area contributed by atoms with Crippen LogP contribution in [0.1, 0.15) is 30.6 Å². The first-order chi connectivity index (χ1) is 9.20. The molecule has 0 saturated heterocycles. The molecule has 0 aliphatic rings. The van der Waals surface area contributed by atoms with Crippen LogP contribution in [-0.2, 0) is 5.75 Å². The number of rotatable bonds is 5. The first-order valence-corrected chi connectivity index (χ1v) is 7.71. The van der Waals surface area contributed by atoms with E-state index in [4.69, 9.17) is 11.6 Å². The van der Waals surface area contributed by atoms with Gasteiger partial charge in [-0.1, -0.05) is 48.9 Å². The second-order valence-electron chi connectivity index (χ2n) is 4.38. The van der Waals surface area contributed by atoms with E-state index in [0.717, 1.165) is 27.7 Å². The van der Waals surface area contributed by atoms with Crippen molar-refractivity contribution in [1.29, 1.82) is 0 Å². The van der Waals surface area contributed by atoms with Gasteiger partial charge in [0.25, 0.3) is 0 Å². The summed E-state index contributed by atoms with van der Waals surface area (Å²) in [5.41, 5.74) is 2.25. The molecule has 100 valence electrons. The third kappa shape index (κ3) is 4.00. The molecule has 0 aliphatic heterocycles. The molecule has 2 rings (SSSR count). The number of hydrogen-bond acceptors (Lipinski definition) is 2. The van der Waals surface area contributed by atoms with Crippen LogP contribution in [0, 0.1) is 0 Å². The van der Waals surface area contributed by atoms with Gasteiger partial charge in [0.15, 0.2) is 0 Å². The maximum absolute atomic E-state index is 10.0. The third-order valence-electron chi connectivity index (χ3n) is 2.97. The fourth-order valence-corrected chi connectivity index (χ4v) is 3.04. The third-order valence-corrected chi connectivity index (χ3v) is 4.38. The number of thioether (sulfide) groups is 1. The summed E-state index contributed by atoms with van der Waals surface area (Å²) in [4.78, 5) is 1.15. The van der Waals surface area contributed by atoms with Gasteiger partial charge in [-0.05, 0) is 35.7 Å². The molecule has 0 fully saturated rings. The molecule has 0 heterocycles. The summed E-state index contributed by atoms with van der Waals surface area (Å²) in [6, 6.07) is 15.9. The van der Waals surface area contributed by atoms with Crippen molar-refractivity contribution < 1.29 is 5.11 Å². The summed E-state index contributed by atoms with van der Waals surface area (Å²) >= 11 is 7.62. The molecule has 19 heavy (non-hydrogen) atoms. The molecule has 0 radical (unpaired) electrons. The van der Waals surface area contributed by atoms with Crippen LogP contribution < -0.4 is 0 Å². The number of hydrogen-bond donors (Lipinski definition) is 1. The number of benzene rings is 2. The average Bonchev–Trinajstić information content (AvgIpc) is 2.46. The highest BCUT2D eigenvalue weighted by molar-refractivity contribution is 7.98. The van der Waals surface area contributed by atoms with Crippen molar-refractivity contribution in [2.24, 2.45) is 0 Å². The van der Waals surface area contributed by atoms with E-state index in [1.165, 1.54) is 5.56 Å². The molecule has 0 aromatic heterocycles. The number of aliphatic hydroxyl groups excluding tert-OH is 1. The largest absolute Gasteiger partial charge is 0.388 e. The summed E-state index contributed by atoms with van der Waals surface area (Å²) in [6.45, 7) is 1.99. The van der Waals surface area contributed by atoms with Gasteiger partial charge in [0.2, 0.25) is 0 Å². The summed E-state index contributed by atoms with van der Waals surface area (Å²) in [6.07, 6.45) is 0.354. The molecule has 0 bridgehead atoms. The minimum absolute atomic E-state index is 0.381. The predicted octanol–water partition coefficient (Wildman–Crippen LogP) is 5.08. The summed E-state index contributed by atoms with van der Waals surface area (Å²) in [5.74, 6) is 0.880. The highest BCUT2D eigenvalue weighted by Gasteiger charge is 2.10. The SMILES string of the molecule is CC[C@@H](O)c1ccccc1SCc1ccc(Cl)cc1. The standard InChI is InChI=1S/C16H17ClOS/c1-2-15(18)14-5-3-4-6-16(14)19-11-12-7-9-13(17)10-8-12/h3-10,15,18H,2,11H2,1H3/t15-/m1/s1. The van der Waals surface area contributed by atoms with Crippen molar-refractivity contribution in [3.05, 3.63) is 64.7 Å². The van der Waals surface area contributed by atoms with Gasteiger partial charge in [0.1, 0.15) is 0 Å². The van der Waals surface area contributed by atoms with Crippen LogP contribution >= 0.6 is 23.4 Å². The molecule has 1 atom stereocenters. The van der Waals surface area contributed by atoms with Gasteiger partial charge in [0, 0.05) is 15.7 Å². The van der Waals surface area contributed by atoms with Crippen molar-refractivity contribution in [3.63, 3.8) is 0 Å². The lowest BCUT2D eigenvalue weighted by Gasteiger charge is -2.13. The normalized spacial score (nSPS) is 12.4. The molecule has 1 nitrogen and oxygen atoms in total. The highest BCUT2D eigenvalue weighted by atomic mass is 35.5. The monoisotopic (exact) mass is 292 g/mol. The minimum Gasteiger partial charge on any atom is -0.388 e. The zero-order chi connectivity index (χ0) is 13.7. The van der Waals surface area contributed by atoms with Crippen molar-refractivity contribution in [2.75, 3.05) is 0 Å². The Morgan fingerprint density at radius 2 is 1.79 bits per heavy atom. The second kappa shape index (κ2) is 6.99. The predicted molar refractivity (Wildman–Crippen MR) is 82.7 cm³/mol. The molecule has 1 N–H and O–H groups in total. The van der Waals surface area contributed by atoms with E-state index in [0.29, 0.717) is 0 Å². The van der Waals surface area contributed by atoms with Crippen molar-refractivity contribution in [3.8, 4) is 0 Å². The van der Waals surface area contributed by atoms with Gasteiger partial charge in [-0.3, -0.25) is 0 Å². The van der Waals surface area contributed by atoms with Gasteiger partial charge < -0.3 is 5.11 Å². The Morgan fingerprint density at radius 1 is 1.11 bits per heavy atom. The Balaban J connectivity index is 2.09. The van der Waals surface area contributed by atoms with Gasteiger partial charge in [-0.2, -0.15) is 0 Å². The Morgan fingerprint density at radius 3 is 2.47 bits per heavy atom. The zero-order valence-corrected chi connectivity index (χ0v) is 12.4. The van der Waals surface area contributed by atoms with Gasteiger partial charge >= 0.3 is 0 Å². The number of halogens is 1. The van der Waals surface area contributed by atoms with Crippen molar-refractivity contribution in [1.82, 2.24) is 0 Å². The first-order valence-electron chi connectivity index (χ1n) is 6.35. The quantitative estimate of drug-likeness (QED) is 0.776. The average molecular weight is 293 g/mol. The molecule has 0 unspecified atom stereocenters. The first kappa shape index (κ1) is 14.4. The molecule has 3 heteroatoms. The molecular formula is C16H17ClOS. The van der Waals surface area contributed by atoms with Crippen molar-refractivity contribution in [2.45, 2.75) is 30.1 Å². The van der Waals surface area contributed by atoms with Gasteiger partial charge in [0.05, 0.1) is 6.10 Å². The van der Waals surface area contributed by atoms with E-state index in [2.05, 4.69) is 6.07 Å². The van der Waals surface area contributed by atoms with Crippen LogP contribution in [0.4, 0.5) is 0 Å². The van der Waals surface area contributed by atoms with E-state index in [-0.39, 0.29) is 6.10 Å². The van der Waals surface area contributed by atoms with Crippen LogP contribution in [0.25, 0.3) is 0 Å².